The zero-order valence-electron chi connectivity index (χ0n) is 13.7. The largest absolute Gasteiger partial charge is 0.356 e. The Hall–Kier alpha value is -1.38. The van der Waals surface area contributed by atoms with Gasteiger partial charge >= 0.3 is 0 Å². The molecular weight excluding hydrogens is 289 g/mol. The summed E-state index contributed by atoms with van der Waals surface area (Å²) in [5, 5.41) is 3.19. The van der Waals surface area contributed by atoms with Crippen LogP contribution in [0, 0.1) is 29.0 Å². The third kappa shape index (κ3) is 3.29. The van der Waals surface area contributed by atoms with E-state index in [0.29, 0.717) is 18.3 Å². The number of hydrogen-bond acceptors (Lipinski definition) is 1. The third-order valence-electron chi connectivity index (χ3n) is 6.36. The Labute approximate surface area is 137 Å². The number of rotatable bonds is 5. The quantitative estimate of drug-likeness (QED) is 0.871. The summed E-state index contributed by atoms with van der Waals surface area (Å²) in [6.45, 7) is 0.860. The van der Waals surface area contributed by atoms with E-state index in [-0.39, 0.29) is 11.7 Å². The number of benzene rings is 1. The highest BCUT2D eigenvalue weighted by molar-refractivity contribution is 5.76. The van der Waals surface area contributed by atoms with Gasteiger partial charge in [0.05, 0.1) is 0 Å². The van der Waals surface area contributed by atoms with Crippen LogP contribution in [-0.2, 0) is 11.2 Å². The summed E-state index contributed by atoms with van der Waals surface area (Å²) in [5.41, 5.74) is 1.29. The maximum absolute atomic E-state index is 13.2. The number of carbonyl (C=O) groups is 1. The molecule has 5 rings (SSSR count). The van der Waals surface area contributed by atoms with Gasteiger partial charge in [-0.3, -0.25) is 4.79 Å². The lowest BCUT2D eigenvalue weighted by molar-refractivity contribution is -0.123. The fourth-order valence-corrected chi connectivity index (χ4v) is 5.83. The summed E-state index contributed by atoms with van der Waals surface area (Å²) in [6.07, 6.45) is 9.35. The first-order valence-corrected chi connectivity index (χ1v) is 9.11. The van der Waals surface area contributed by atoms with Crippen molar-refractivity contribution < 1.29 is 9.18 Å². The molecule has 4 bridgehead atoms. The molecule has 1 aromatic rings. The Morgan fingerprint density at radius 2 is 1.78 bits per heavy atom. The number of hydrogen-bond donors (Lipinski definition) is 1. The minimum atomic E-state index is -0.225. The second kappa shape index (κ2) is 5.92. The third-order valence-corrected chi connectivity index (χ3v) is 6.36. The molecule has 23 heavy (non-hydrogen) atoms. The summed E-state index contributed by atoms with van der Waals surface area (Å²) in [6, 6.07) is 6.55. The summed E-state index contributed by atoms with van der Waals surface area (Å²) in [5.74, 6) is 2.66. The lowest BCUT2D eigenvalue weighted by atomic mass is 9.49. The number of carbonyl (C=O) groups excluding carboxylic acids is 1. The van der Waals surface area contributed by atoms with Crippen molar-refractivity contribution in [3.63, 3.8) is 0 Å². The van der Waals surface area contributed by atoms with Crippen molar-refractivity contribution in [2.24, 2.45) is 23.2 Å². The number of halogens is 1. The molecule has 4 aliphatic carbocycles. The Bertz CT molecular complexity index is 562. The fraction of sp³-hybridized carbons (Fsp3) is 0.650. The highest BCUT2D eigenvalue weighted by atomic mass is 19.1. The predicted octanol–water partition coefficient (Wildman–Crippen LogP) is 4.09. The minimum absolute atomic E-state index is 0.116. The molecule has 1 N–H and O–H groups in total. The van der Waals surface area contributed by atoms with Crippen molar-refractivity contribution in [2.45, 2.75) is 51.4 Å². The van der Waals surface area contributed by atoms with E-state index >= 15 is 0 Å². The summed E-state index contributed by atoms with van der Waals surface area (Å²) < 4.78 is 13.2. The molecule has 4 fully saturated rings. The topological polar surface area (TPSA) is 29.1 Å². The van der Waals surface area contributed by atoms with Crippen molar-refractivity contribution in [3.8, 4) is 0 Å². The van der Waals surface area contributed by atoms with Gasteiger partial charge in [-0.2, -0.15) is 0 Å². The van der Waals surface area contributed by atoms with Gasteiger partial charge in [0, 0.05) is 13.0 Å². The molecule has 0 atom stereocenters. The van der Waals surface area contributed by atoms with Crippen LogP contribution in [0.15, 0.2) is 24.3 Å². The van der Waals surface area contributed by atoms with Crippen LogP contribution in [0.25, 0.3) is 0 Å². The number of aryl methyl sites for hydroxylation is 1. The van der Waals surface area contributed by atoms with Crippen LogP contribution in [-0.4, -0.2) is 12.5 Å². The molecule has 0 aromatic heterocycles. The average molecular weight is 315 g/mol. The maximum atomic E-state index is 13.2. The van der Waals surface area contributed by atoms with Crippen LogP contribution >= 0.6 is 0 Å². The van der Waals surface area contributed by atoms with Crippen molar-refractivity contribution in [2.75, 3.05) is 6.54 Å². The van der Waals surface area contributed by atoms with Gasteiger partial charge in [0.1, 0.15) is 5.82 Å². The fourth-order valence-electron chi connectivity index (χ4n) is 5.83. The zero-order valence-corrected chi connectivity index (χ0v) is 13.7. The van der Waals surface area contributed by atoms with Crippen molar-refractivity contribution in [1.82, 2.24) is 5.32 Å². The van der Waals surface area contributed by atoms with Crippen LogP contribution in [0.4, 0.5) is 4.39 Å². The Morgan fingerprint density at radius 1 is 1.13 bits per heavy atom. The molecule has 4 aliphatic rings. The predicted molar refractivity (Wildman–Crippen MR) is 88.3 cm³/mol. The molecule has 1 aromatic carbocycles. The van der Waals surface area contributed by atoms with E-state index in [1.165, 1.54) is 50.7 Å². The smallest absolute Gasteiger partial charge is 0.220 e. The second-order valence-electron chi connectivity index (χ2n) is 8.32. The molecule has 2 nitrogen and oxygen atoms in total. The van der Waals surface area contributed by atoms with Crippen LogP contribution in [0.2, 0.25) is 0 Å². The van der Waals surface area contributed by atoms with Gasteiger partial charge in [0.25, 0.3) is 0 Å². The second-order valence-corrected chi connectivity index (χ2v) is 8.32. The van der Waals surface area contributed by atoms with Crippen molar-refractivity contribution in [3.05, 3.63) is 35.6 Å². The Morgan fingerprint density at radius 3 is 2.39 bits per heavy atom. The molecular formula is C20H26FNO. The highest BCUT2D eigenvalue weighted by Gasteiger charge is 2.50. The zero-order chi connectivity index (χ0) is 15.9. The van der Waals surface area contributed by atoms with E-state index in [2.05, 4.69) is 5.32 Å². The lowest BCUT2D eigenvalue weighted by Crippen LogP contribution is -2.51. The Balaban J connectivity index is 1.28. The van der Waals surface area contributed by atoms with Gasteiger partial charge in [0.15, 0.2) is 0 Å². The molecule has 0 spiro atoms. The molecule has 0 heterocycles. The van der Waals surface area contributed by atoms with Crippen LogP contribution in [0.3, 0.4) is 0 Å². The Kier molecular flexibility index (Phi) is 3.90. The molecule has 124 valence electrons. The van der Waals surface area contributed by atoms with Crippen molar-refractivity contribution >= 4 is 5.91 Å². The summed E-state index contributed by atoms with van der Waals surface area (Å²) >= 11 is 0. The summed E-state index contributed by atoms with van der Waals surface area (Å²) in [4.78, 5) is 12.2. The summed E-state index contributed by atoms with van der Waals surface area (Å²) in [7, 11) is 0. The van der Waals surface area contributed by atoms with E-state index < -0.39 is 0 Å². The van der Waals surface area contributed by atoms with Gasteiger partial charge in [0.2, 0.25) is 5.91 Å². The number of nitrogens with one attached hydrogen (secondary N) is 1. The monoisotopic (exact) mass is 315 g/mol. The van der Waals surface area contributed by atoms with Gasteiger partial charge < -0.3 is 5.32 Å². The maximum Gasteiger partial charge on any atom is 0.220 e. The highest BCUT2D eigenvalue weighted by Crippen LogP contribution is 2.59. The normalized spacial score (nSPS) is 34.6. The molecule has 0 unspecified atom stereocenters. The number of amides is 1. The van der Waals surface area contributed by atoms with Gasteiger partial charge in [-0.05, 0) is 85.8 Å². The van der Waals surface area contributed by atoms with E-state index in [9.17, 15) is 9.18 Å². The first kappa shape index (κ1) is 15.2. The molecule has 3 heteroatoms. The van der Waals surface area contributed by atoms with Crippen molar-refractivity contribution in [1.29, 1.82) is 0 Å². The van der Waals surface area contributed by atoms with Gasteiger partial charge in [-0.15, -0.1) is 0 Å². The lowest BCUT2D eigenvalue weighted by Gasteiger charge is -2.56. The van der Waals surface area contributed by atoms with Crippen LogP contribution in [0.5, 0.6) is 0 Å². The molecule has 0 saturated heterocycles. The molecule has 0 radical (unpaired) electrons. The minimum Gasteiger partial charge on any atom is -0.356 e. The molecule has 1 amide bonds. The van der Waals surface area contributed by atoms with Gasteiger partial charge in [-0.25, -0.2) is 4.39 Å². The average Bonchev–Trinajstić information content (AvgIpc) is 2.50. The SMILES string of the molecule is O=C(CCc1cccc(F)c1)NCC12CC3CC(CC(C3)C1)C2. The van der Waals surface area contributed by atoms with E-state index in [0.717, 1.165) is 29.9 Å². The van der Waals surface area contributed by atoms with Gasteiger partial charge in [-0.1, -0.05) is 12.1 Å². The molecule has 0 aliphatic heterocycles. The first-order valence-electron chi connectivity index (χ1n) is 9.11. The van der Waals surface area contributed by atoms with Crippen LogP contribution < -0.4 is 5.32 Å². The van der Waals surface area contributed by atoms with E-state index in [4.69, 9.17) is 0 Å². The first-order chi connectivity index (χ1) is 11.1. The molecule has 4 saturated carbocycles. The van der Waals surface area contributed by atoms with E-state index in [1.54, 1.807) is 6.07 Å². The van der Waals surface area contributed by atoms with E-state index in [1.807, 2.05) is 6.07 Å². The van der Waals surface area contributed by atoms with Crippen LogP contribution in [0.1, 0.15) is 50.5 Å². The standard InChI is InChI=1S/C20H26FNO/c21-18-3-1-2-14(9-18)4-5-19(23)22-13-20-10-15-6-16(11-20)8-17(7-15)12-20/h1-3,9,15-17H,4-8,10-13H2,(H,22,23).